The molecule has 0 aromatic carbocycles. The van der Waals surface area contributed by atoms with Crippen LogP contribution in [0.1, 0.15) is 12.8 Å². The maximum Gasteiger partial charge on any atom is 0.221 e. The maximum absolute atomic E-state index is 11.8. The molecule has 0 saturated carbocycles. The predicted octanol–water partition coefficient (Wildman–Crippen LogP) is -1.41. The van der Waals surface area contributed by atoms with Crippen molar-refractivity contribution in [2.24, 2.45) is 0 Å². The monoisotopic (exact) mass is 342 g/mol. The number of hydrogen-bond donors (Lipinski definition) is 1. The zero-order valence-electron chi connectivity index (χ0n) is 12.2. The van der Waals surface area contributed by atoms with Crippen molar-refractivity contribution in [3.63, 3.8) is 0 Å². The Morgan fingerprint density at radius 2 is 2.10 bits per heavy atom. The Morgan fingerprint density at radius 3 is 2.57 bits per heavy atom. The van der Waals surface area contributed by atoms with E-state index in [0.717, 1.165) is 10.6 Å². The molecule has 1 amide bonds. The van der Waals surface area contributed by atoms with Crippen molar-refractivity contribution in [1.29, 1.82) is 0 Å². The van der Waals surface area contributed by atoms with Crippen LogP contribution in [0.25, 0.3) is 0 Å². The smallest absolute Gasteiger partial charge is 0.221 e. The molecule has 1 saturated heterocycles. The number of methoxy groups -OCH3 is 1. The minimum atomic E-state index is -3.56. The molecule has 8 nitrogen and oxygen atoms in total. The standard InChI is InChI=1S/C11H22N2O6S2/c1-19-7-5-12-11(14)3-6-13(20(2,15)16)10-4-8-21(17,18)9-10/h10H,3-9H2,1-2H3,(H,12,14). The van der Waals surface area contributed by atoms with Gasteiger partial charge in [0.1, 0.15) is 0 Å². The number of hydrogen-bond acceptors (Lipinski definition) is 6. The van der Waals surface area contributed by atoms with Gasteiger partial charge in [-0.25, -0.2) is 16.8 Å². The Kier molecular flexibility index (Phi) is 6.57. The third kappa shape index (κ3) is 6.29. The topological polar surface area (TPSA) is 110 Å². The zero-order chi connectivity index (χ0) is 16.1. The maximum atomic E-state index is 11.8. The number of nitrogens with one attached hydrogen (secondary N) is 1. The predicted molar refractivity (Wildman–Crippen MR) is 78.1 cm³/mol. The molecular formula is C11H22N2O6S2. The van der Waals surface area contributed by atoms with Crippen molar-refractivity contribution < 1.29 is 26.4 Å². The summed E-state index contributed by atoms with van der Waals surface area (Å²) in [6.45, 7) is 0.715. The second-order valence-electron chi connectivity index (χ2n) is 5.02. The molecule has 1 unspecified atom stereocenters. The van der Waals surface area contributed by atoms with Crippen molar-refractivity contribution in [1.82, 2.24) is 9.62 Å². The molecule has 124 valence electrons. The molecule has 1 N–H and O–H groups in total. The fourth-order valence-corrected chi connectivity index (χ4v) is 5.18. The van der Waals surface area contributed by atoms with Gasteiger partial charge in [0, 0.05) is 32.7 Å². The van der Waals surface area contributed by atoms with Crippen LogP contribution < -0.4 is 5.32 Å². The molecule has 1 rings (SSSR count). The lowest BCUT2D eigenvalue weighted by Gasteiger charge is -2.25. The van der Waals surface area contributed by atoms with E-state index >= 15 is 0 Å². The van der Waals surface area contributed by atoms with Gasteiger partial charge in [0.15, 0.2) is 9.84 Å². The number of sulfone groups is 1. The summed E-state index contributed by atoms with van der Waals surface area (Å²) in [7, 11) is -5.22. The lowest BCUT2D eigenvalue weighted by Crippen LogP contribution is -2.42. The Bertz CT molecular complexity index is 557. The van der Waals surface area contributed by atoms with Crippen LogP contribution in [0.2, 0.25) is 0 Å². The van der Waals surface area contributed by atoms with Crippen molar-refractivity contribution >= 4 is 25.8 Å². The summed E-state index contributed by atoms with van der Waals surface area (Å²) in [6, 6.07) is -0.572. The highest BCUT2D eigenvalue weighted by atomic mass is 32.2. The number of sulfonamides is 1. The summed E-state index contributed by atoms with van der Waals surface area (Å²) >= 11 is 0. The molecule has 1 atom stereocenters. The molecule has 0 aromatic heterocycles. The summed E-state index contributed by atoms with van der Waals surface area (Å²) in [5.41, 5.74) is 0. The average molecular weight is 342 g/mol. The molecular weight excluding hydrogens is 320 g/mol. The van der Waals surface area contributed by atoms with E-state index in [1.807, 2.05) is 0 Å². The molecule has 1 fully saturated rings. The molecule has 1 heterocycles. The molecule has 0 radical (unpaired) electrons. The number of rotatable bonds is 8. The van der Waals surface area contributed by atoms with Crippen LogP contribution in [0.15, 0.2) is 0 Å². The number of ether oxygens (including phenoxy) is 1. The first-order valence-corrected chi connectivity index (χ1v) is 10.3. The Balaban J connectivity index is 2.59. The normalized spacial score (nSPS) is 21.6. The minimum absolute atomic E-state index is 0.00662. The molecule has 1 aliphatic heterocycles. The van der Waals surface area contributed by atoms with Crippen molar-refractivity contribution in [2.45, 2.75) is 18.9 Å². The van der Waals surface area contributed by atoms with Crippen molar-refractivity contribution in [2.75, 3.05) is 44.6 Å². The Morgan fingerprint density at radius 1 is 1.43 bits per heavy atom. The summed E-state index contributed by atoms with van der Waals surface area (Å²) in [5.74, 6) is -0.476. The molecule has 0 bridgehead atoms. The van der Waals surface area contributed by atoms with Gasteiger partial charge in [0.25, 0.3) is 0 Å². The largest absolute Gasteiger partial charge is 0.383 e. The van der Waals surface area contributed by atoms with E-state index in [4.69, 9.17) is 4.74 Å². The third-order valence-electron chi connectivity index (χ3n) is 3.23. The molecule has 0 aliphatic carbocycles. The average Bonchev–Trinajstić information content (AvgIpc) is 2.68. The fraction of sp³-hybridized carbons (Fsp3) is 0.909. The van der Waals surface area contributed by atoms with Crippen LogP contribution in [-0.2, 0) is 29.4 Å². The lowest BCUT2D eigenvalue weighted by molar-refractivity contribution is -0.121. The van der Waals surface area contributed by atoms with E-state index < -0.39 is 25.9 Å². The molecule has 1 aliphatic rings. The van der Waals surface area contributed by atoms with Crippen LogP contribution in [0.3, 0.4) is 0 Å². The van der Waals surface area contributed by atoms with E-state index in [-0.39, 0.29) is 36.8 Å². The van der Waals surface area contributed by atoms with Gasteiger partial charge in [-0.3, -0.25) is 4.79 Å². The summed E-state index contributed by atoms with van der Waals surface area (Å²) < 4.78 is 52.4. The second-order valence-corrected chi connectivity index (χ2v) is 9.19. The third-order valence-corrected chi connectivity index (χ3v) is 6.31. The molecule has 0 aromatic rings. The van der Waals surface area contributed by atoms with Gasteiger partial charge in [-0.15, -0.1) is 0 Å². The van der Waals surface area contributed by atoms with Gasteiger partial charge in [-0.05, 0) is 6.42 Å². The number of amides is 1. The van der Waals surface area contributed by atoms with Crippen LogP contribution in [-0.4, -0.2) is 77.7 Å². The first kappa shape index (κ1) is 18.3. The van der Waals surface area contributed by atoms with Crippen LogP contribution in [0.4, 0.5) is 0 Å². The van der Waals surface area contributed by atoms with Gasteiger partial charge < -0.3 is 10.1 Å². The zero-order valence-corrected chi connectivity index (χ0v) is 13.9. The highest BCUT2D eigenvalue weighted by Gasteiger charge is 2.36. The van der Waals surface area contributed by atoms with Crippen LogP contribution >= 0.6 is 0 Å². The van der Waals surface area contributed by atoms with Crippen molar-refractivity contribution in [3.05, 3.63) is 0 Å². The number of nitrogens with zero attached hydrogens (tertiary/aromatic N) is 1. The second kappa shape index (κ2) is 7.52. The molecule has 10 heteroatoms. The molecule has 0 spiro atoms. The first-order chi connectivity index (χ1) is 9.65. The van der Waals surface area contributed by atoms with Crippen LogP contribution in [0, 0.1) is 0 Å². The summed E-state index contributed by atoms with van der Waals surface area (Å²) in [5, 5.41) is 2.59. The molecule has 21 heavy (non-hydrogen) atoms. The highest BCUT2D eigenvalue weighted by Crippen LogP contribution is 2.20. The Labute approximate surface area is 125 Å². The number of carbonyl (C=O) groups excluding carboxylic acids is 1. The Hall–Kier alpha value is -0.710. The van der Waals surface area contributed by atoms with E-state index in [2.05, 4.69) is 5.32 Å². The van der Waals surface area contributed by atoms with Gasteiger partial charge in [0.05, 0.1) is 24.4 Å². The van der Waals surface area contributed by atoms with E-state index in [9.17, 15) is 21.6 Å². The van der Waals surface area contributed by atoms with E-state index in [1.165, 1.54) is 7.11 Å². The van der Waals surface area contributed by atoms with E-state index in [0.29, 0.717) is 13.2 Å². The lowest BCUT2D eigenvalue weighted by atomic mass is 10.2. The van der Waals surface area contributed by atoms with Crippen LogP contribution in [0.5, 0.6) is 0 Å². The number of carbonyl (C=O) groups is 1. The highest BCUT2D eigenvalue weighted by molar-refractivity contribution is 7.92. The van der Waals surface area contributed by atoms with Gasteiger partial charge >= 0.3 is 0 Å². The van der Waals surface area contributed by atoms with Crippen molar-refractivity contribution in [3.8, 4) is 0 Å². The van der Waals surface area contributed by atoms with E-state index in [1.54, 1.807) is 0 Å². The van der Waals surface area contributed by atoms with Gasteiger partial charge in [-0.1, -0.05) is 0 Å². The van der Waals surface area contributed by atoms with Gasteiger partial charge in [-0.2, -0.15) is 4.31 Å². The first-order valence-electron chi connectivity index (χ1n) is 6.58. The fourth-order valence-electron chi connectivity index (χ4n) is 2.21. The SMILES string of the molecule is COCCNC(=O)CCN(C1CCS(=O)(=O)C1)S(C)(=O)=O. The quantitative estimate of drug-likeness (QED) is 0.543. The summed E-state index contributed by atoms with van der Waals surface area (Å²) in [4.78, 5) is 11.6. The minimum Gasteiger partial charge on any atom is -0.383 e. The van der Waals surface area contributed by atoms with Gasteiger partial charge in [0.2, 0.25) is 15.9 Å². The summed E-state index contributed by atoms with van der Waals surface area (Å²) in [6.07, 6.45) is 1.30.